The number of thioether (sulfide) groups is 1. The maximum atomic E-state index is 12.6. The minimum absolute atomic E-state index is 0.154. The molecule has 1 aliphatic heterocycles. The van der Waals surface area contributed by atoms with Crippen LogP contribution in [0, 0.1) is 0 Å². The van der Waals surface area contributed by atoms with Crippen LogP contribution in [0.5, 0.6) is 5.75 Å². The van der Waals surface area contributed by atoms with E-state index in [2.05, 4.69) is 15.1 Å². The maximum absolute atomic E-state index is 12.6. The maximum Gasteiger partial charge on any atom is 0.233 e. The number of para-hydroxylation sites is 1. The number of amides is 1. The van der Waals surface area contributed by atoms with Crippen molar-refractivity contribution in [3.63, 3.8) is 0 Å². The number of carbonyl (C=O) groups excluding carboxylic acids is 1. The first-order valence-electron chi connectivity index (χ1n) is 9.95. The van der Waals surface area contributed by atoms with Gasteiger partial charge >= 0.3 is 0 Å². The zero-order valence-corrected chi connectivity index (χ0v) is 18.6. The second-order valence-corrected chi connectivity index (χ2v) is 8.91. The van der Waals surface area contributed by atoms with E-state index in [4.69, 9.17) is 4.74 Å². The minimum atomic E-state index is 0.154. The lowest BCUT2D eigenvalue weighted by atomic mass is 10.3. The highest BCUT2D eigenvalue weighted by Crippen LogP contribution is 2.26. The Morgan fingerprint density at radius 1 is 1.10 bits per heavy atom. The SMILES string of the molecule is Cn1c(SCC(=O)N2CCN(CCOc3ccccc3)CC2)nnc1-c1cccs1. The number of nitrogens with zero attached hydrogens (tertiary/aromatic N) is 5. The summed E-state index contributed by atoms with van der Waals surface area (Å²) in [5.74, 6) is 2.27. The Bertz CT molecular complexity index is 938. The molecule has 0 bridgehead atoms. The van der Waals surface area contributed by atoms with Crippen molar-refractivity contribution < 1.29 is 9.53 Å². The zero-order chi connectivity index (χ0) is 20.8. The summed E-state index contributed by atoms with van der Waals surface area (Å²) in [6.45, 7) is 4.79. The Hall–Kier alpha value is -2.36. The van der Waals surface area contributed by atoms with Crippen molar-refractivity contribution in [2.24, 2.45) is 7.05 Å². The number of ether oxygens (including phenoxy) is 1. The van der Waals surface area contributed by atoms with Crippen molar-refractivity contribution in [1.29, 1.82) is 0 Å². The largest absolute Gasteiger partial charge is 0.492 e. The van der Waals surface area contributed by atoms with E-state index >= 15 is 0 Å². The summed E-state index contributed by atoms with van der Waals surface area (Å²) in [6.07, 6.45) is 0. The molecule has 0 unspecified atom stereocenters. The molecule has 0 saturated carbocycles. The molecule has 1 aromatic carbocycles. The van der Waals surface area contributed by atoms with Crippen LogP contribution in [0.15, 0.2) is 53.0 Å². The number of aromatic nitrogens is 3. The Balaban J connectivity index is 1.19. The smallest absolute Gasteiger partial charge is 0.233 e. The van der Waals surface area contributed by atoms with Crippen LogP contribution in [0.2, 0.25) is 0 Å². The molecule has 1 saturated heterocycles. The van der Waals surface area contributed by atoms with E-state index in [1.807, 2.05) is 64.4 Å². The van der Waals surface area contributed by atoms with Crippen LogP contribution in [0.4, 0.5) is 0 Å². The second-order valence-electron chi connectivity index (χ2n) is 7.02. The molecule has 0 N–H and O–H groups in total. The molecule has 30 heavy (non-hydrogen) atoms. The highest BCUT2D eigenvalue weighted by atomic mass is 32.2. The minimum Gasteiger partial charge on any atom is -0.492 e. The number of hydrogen-bond acceptors (Lipinski definition) is 7. The third kappa shape index (κ3) is 5.21. The topological polar surface area (TPSA) is 63.5 Å². The normalized spacial score (nSPS) is 14.8. The monoisotopic (exact) mass is 443 g/mol. The van der Waals surface area contributed by atoms with Gasteiger partial charge in [-0.1, -0.05) is 36.0 Å². The van der Waals surface area contributed by atoms with E-state index in [-0.39, 0.29) is 5.91 Å². The highest BCUT2D eigenvalue weighted by Gasteiger charge is 2.22. The van der Waals surface area contributed by atoms with Crippen LogP contribution in [-0.2, 0) is 11.8 Å². The number of hydrogen-bond donors (Lipinski definition) is 0. The Morgan fingerprint density at radius 3 is 2.63 bits per heavy atom. The molecular weight excluding hydrogens is 418 g/mol. The lowest BCUT2D eigenvalue weighted by Crippen LogP contribution is -2.50. The van der Waals surface area contributed by atoms with Gasteiger partial charge in [0.05, 0.1) is 10.6 Å². The molecule has 7 nitrogen and oxygen atoms in total. The van der Waals surface area contributed by atoms with E-state index in [9.17, 15) is 4.79 Å². The molecule has 1 fully saturated rings. The van der Waals surface area contributed by atoms with E-state index < -0.39 is 0 Å². The summed E-state index contributed by atoms with van der Waals surface area (Å²) in [5, 5.41) is 11.3. The van der Waals surface area contributed by atoms with Crippen LogP contribution in [-0.4, -0.2) is 75.6 Å². The van der Waals surface area contributed by atoms with Crippen LogP contribution < -0.4 is 4.74 Å². The fraction of sp³-hybridized carbons (Fsp3) is 0.381. The fourth-order valence-electron chi connectivity index (χ4n) is 3.31. The summed E-state index contributed by atoms with van der Waals surface area (Å²) in [6, 6.07) is 13.9. The predicted octanol–water partition coefficient (Wildman–Crippen LogP) is 2.86. The average Bonchev–Trinajstić information content (AvgIpc) is 3.43. The van der Waals surface area contributed by atoms with Gasteiger partial charge in [-0.2, -0.15) is 0 Å². The quantitative estimate of drug-likeness (QED) is 0.499. The first kappa shape index (κ1) is 20.9. The molecule has 0 spiro atoms. The molecule has 4 rings (SSSR count). The van der Waals surface area contributed by atoms with Gasteiger partial charge in [0.1, 0.15) is 12.4 Å². The number of rotatable bonds is 8. The lowest BCUT2D eigenvalue weighted by Gasteiger charge is -2.34. The number of piperazine rings is 1. The van der Waals surface area contributed by atoms with E-state index in [1.165, 1.54) is 11.8 Å². The van der Waals surface area contributed by atoms with Gasteiger partial charge in [0.2, 0.25) is 5.91 Å². The molecule has 3 aromatic rings. The molecule has 0 atom stereocenters. The van der Waals surface area contributed by atoms with Crippen molar-refractivity contribution >= 4 is 29.0 Å². The molecule has 3 heterocycles. The van der Waals surface area contributed by atoms with Crippen molar-refractivity contribution in [3.8, 4) is 16.5 Å². The molecule has 9 heteroatoms. The van der Waals surface area contributed by atoms with Crippen LogP contribution >= 0.6 is 23.1 Å². The molecule has 0 aliphatic carbocycles. The summed E-state index contributed by atoms with van der Waals surface area (Å²) in [5.41, 5.74) is 0. The first-order valence-corrected chi connectivity index (χ1v) is 11.8. The Labute approximate surface area is 184 Å². The molecule has 158 valence electrons. The van der Waals surface area contributed by atoms with Crippen LogP contribution in [0.3, 0.4) is 0 Å². The van der Waals surface area contributed by atoms with Gasteiger partial charge in [-0.3, -0.25) is 9.69 Å². The van der Waals surface area contributed by atoms with Gasteiger partial charge in [0, 0.05) is 39.8 Å². The number of carbonyl (C=O) groups is 1. The van der Waals surface area contributed by atoms with E-state index in [0.29, 0.717) is 12.4 Å². The summed E-state index contributed by atoms with van der Waals surface area (Å²) < 4.78 is 7.72. The zero-order valence-electron chi connectivity index (χ0n) is 16.9. The Morgan fingerprint density at radius 2 is 1.90 bits per heavy atom. The summed E-state index contributed by atoms with van der Waals surface area (Å²) in [7, 11) is 1.94. The number of thiophene rings is 1. The van der Waals surface area contributed by atoms with Gasteiger partial charge in [-0.05, 0) is 23.6 Å². The Kier molecular flexibility index (Phi) is 7.03. The van der Waals surface area contributed by atoms with Crippen molar-refractivity contribution in [3.05, 3.63) is 47.8 Å². The van der Waals surface area contributed by atoms with Gasteiger partial charge in [0.25, 0.3) is 0 Å². The predicted molar refractivity (Wildman–Crippen MR) is 120 cm³/mol. The van der Waals surface area contributed by atoms with Crippen molar-refractivity contribution in [2.75, 3.05) is 45.1 Å². The highest BCUT2D eigenvalue weighted by molar-refractivity contribution is 7.99. The average molecular weight is 444 g/mol. The fourth-order valence-corrected chi connectivity index (χ4v) is 4.87. The third-order valence-electron chi connectivity index (χ3n) is 5.05. The molecule has 1 aliphatic rings. The first-order chi connectivity index (χ1) is 14.7. The summed E-state index contributed by atoms with van der Waals surface area (Å²) in [4.78, 5) is 18.0. The molecule has 1 amide bonds. The second kappa shape index (κ2) is 10.1. The van der Waals surface area contributed by atoms with Crippen molar-refractivity contribution in [1.82, 2.24) is 24.6 Å². The molecule has 2 aromatic heterocycles. The van der Waals surface area contributed by atoms with Crippen LogP contribution in [0.25, 0.3) is 10.7 Å². The van der Waals surface area contributed by atoms with Gasteiger partial charge in [-0.15, -0.1) is 21.5 Å². The number of benzene rings is 1. The molecular formula is C21H25N5O2S2. The van der Waals surface area contributed by atoms with Crippen molar-refractivity contribution in [2.45, 2.75) is 5.16 Å². The molecule has 0 radical (unpaired) electrons. The van der Waals surface area contributed by atoms with Gasteiger partial charge < -0.3 is 14.2 Å². The van der Waals surface area contributed by atoms with E-state index in [0.717, 1.165) is 54.3 Å². The van der Waals surface area contributed by atoms with E-state index in [1.54, 1.807) is 11.3 Å². The van der Waals surface area contributed by atoms with Gasteiger partial charge in [0.15, 0.2) is 11.0 Å². The third-order valence-corrected chi connectivity index (χ3v) is 6.92. The standard InChI is InChI=1S/C21H25N5O2S2/c1-24-20(18-8-5-15-29-18)22-23-21(24)30-16-19(27)26-11-9-25(10-12-26)13-14-28-17-6-3-2-4-7-17/h2-8,15H,9-14,16H2,1H3. The lowest BCUT2D eigenvalue weighted by molar-refractivity contribution is -0.130. The summed E-state index contributed by atoms with van der Waals surface area (Å²) >= 11 is 3.08. The van der Waals surface area contributed by atoms with Gasteiger partial charge in [-0.25, -0.2) is 0 Å². The van der Waals surface area contributed by atoms with Crippen LogP contribution in [0.1, 0.15) is 0 Å².